The van der Waals surface area contributed by atoms with Crippen molar-refractivity contribution in [3.8, 4) is 0 Å². The van der Waals surface area contributed by atoms with Crippen LogP contribution in [0, 0.1) is 0 Å². The smallest absolute Gasteiger partial charge is 0.170 e. The summed E-state index contributed by atoms with van der Waals surface area (Å²) in [5, 5.41) is 19.0. The summed E-state index contributed by atoms with van der Waals surface area (Å²) in [7, 11) is 1.92. The van der Waals surface area contributed by atoms with Crippen LogP contribution in [0.5, 0.6) is 0 Å². The molecule has 6 heteroatoms. The zero-order valence-corrected chi connectivity index (χ0v) is 10.7. The maximum absolute atomic E-state index is 8.57. The van der Waals surface area contributed by atoms with Crippen molar-refractivity contribution in [3.63, 3.8) is 0 Å². The lowest BCUT2D eigenvalue weighted by atomic mass is 10.1. The van der Waals surface area contributed by atoms with Gasteiger partial charge in [-0.05, 0) is 11.6 Å². The number of nitrogens with one attached hydrogen (secondary N) is 1. The highest BCUT2D eigenvalue weighted by Gasteiger charge is 2.00. The van der Waals surface area contributed by atoms with Gasteiger partial charge in [0.15, 0.2) is 5.84 Å². The molecule has 1 aromatic heterocycles. The Labute approximate surface area is 111 Å². The van der Waals surface area contributed by atoms with Gasteiger partial charge in [0.25, 0.3) is 0 Å². The molecule has 4 N–H and O–H groups in total. The predicted molar refractivity (Wildman–Crippen MR) is 72.7 cm³/mol. The Balaban J connectivity index is 1.88. The third-order valence-electron chi connectivity index (χ3n) is 2.92. The molecule has 0 fully saturated rings. The van der Waals surface area contributed by atoms with Crippen LogP contribution in [0.25, 0.3) is 0 Å². The second kappa shape index (κ2) is 6.01. The van der Waals surface area contributed by atoms with Crippen LogP contribution in [0.3, 0.4) is 0 Å². The van der Waals surface area contributed by atoms with E-state index in [1.807, 2.05) is 42.1 Å². The van der Waals surface area contributed by atoms with Crippen LogP contribution in [-0.4, -0.2) is 20.8 Å². The van der Waals surface area contributed by atoms with Crippen LogP contribution in [0.4, 0.5) is 0 Å². The number of nitrogens with zero attached hydrogens (tertiary/aromatic N) is 3. The molecule has 0 aliphatic carbocycles. The van der Waals surface area contributed by atoms with Crippen LogP contribution in [0.2, 0.25) is 0 Å². The largest absolute Gasteiger partial charge is 0.409 e. The first-order valence-corrected chi connectivity index (χ1v) is 5.95. The fraction of sp³-hybridized carbons (Fsp3) is 0.231. The lowest BCUT2D eigenvalue weighted by Gasteiger charge is -2.06. The summed E-state index contributed by atoms with van der Waals surface area (Å²) in [5.74, 6) is 0.120. The topological polar surface area (TPSA) is 88.5 Å². The molecular formula is C13H17N5O. The molecule has 0 saturated carbocycles. The molecular weight excluding hydrogens is 242 g/mol. The molecule has 100 valence electrons. The van der Waals surface area contributed by atoms with Crippen molar-refractivity contribution in [1.29, 1.82) is 0 Å². The SMILES string of the molecule is Cn1nccc1CNCc1ccc(C(N)=NO)cc1. The van der Waals surface area contributed by atoms with E-state index in [0.29, 0.717) is 5.56 Å². The Morgan fingerprint density at radius 2 is 2.05 bits per heavy atom. The summed E-state index contributed by atoms with van der Waals surface area (Å²) < 4.78 is 1.84. The summed E-state index contributed by atoms with van der Waals surface area (Å²) in [4.78, 5) is 0. The number of nitrogens with two attached hydrogens (primary N) is 1. The Kier molecular flexibility index (Phi) is 4.15. The van der Waals surface area contributed by atoms with E-state index in [0.717, 1.165) is 24.3 Å². The van der Waals surface area contributed by atoms with Gasteiger partial charge in [-0.25, -0.2) is 0 Å². The number of aromatic nitrogens is 2. The first-order chi connectivity index (χ1) is 9.20. The van der Waals surface area contributed by atoms with Crippen LogP contribution in [0.1, 0.15) is 16.8 Å². The van der Waals surface area contributed by atoms with E-state index in [-0.39, 0.29) is 5.84 Å². The number of amidine groups is 1. The zero-order valence-electron chi connectivity index (χ0n) is 10.7. The molecule has 0 saturated heterocycles. The lowest BCUT2D eigenvalue weighted by molar-refractivity contribution is 0.318. The molecule has 0 aliphatic heterocycles. The first kappa shape index (κ1) is 13.1. The van der Waals surface area contributed by atoms with E-state index >= 15 is 0 Å². The molecule has 0 amide bonds. The van der Waals surface area contributed by atoms with Crippen LogP contribution in [-0.2, 0) is 20.1 Å². The van der Waals surface area contributed by atoms with E-state index in [1.165, 1.54) is 0 Å². The van der Waals surface area contributed by atoms with Crippen LogP contribution < -0.4 is 11.1 Å². The minimum Gasteiger partial charge on any atom is -0.409 e. The molecule has 0 bridgehead atoms. The first-order valence-electron chi connectivity index (χ1n) is 5.95. The molecule has 1 heterocycles. The highest BCUT2D eigenvalue weighted by molar-refractivity contribution is 5.96. The van der Waals surface area contributed by atoms with E-state index in [4.69, 9.17) is 10.9 Å². The molecule has 6 nitrogen and oxygen atoms in total. The van der Waals surface area contributed by atoms with E-state index in [2.05, 4.69) is 15.6 Å². The highest BCUT2D eigenvalue weighted by Crippen LogP contribution is 2.04. The van der Waals surface area contributed by atoms with Crippen molar-refractivity contribution in [1.82, 2.24) is 15.1 Å². The molecule has 2 rings (SSSR count). The molecule has 0 radical (unpaired) electrons. The highest BCUT2D eigenvalue weighted by atomic mass is 16.4. The summed E-state index contributed by atoms with van der Waals surface area (Å²) in [6.07, 6.45) is 1.78. The third-order valence-corrected chi connectivity index (χ3v) is 2.92. The van der Waals surface area contributed by atoms with Crippen molar-refractivity contribution >= 4 is 5.84 Å². The van der Waals surface area contributed by atoms with Crippen molar-refractivity contribution in [2.45, 2.75) is 13.1 Å². The maximum atomic E-state index is 8.57. The molecule has 2 aromatic rings. The average Bonchev–Trinajstić information content (AvgIpc) is 2.84. The monoisotopic (exact) mass is 259 g/mol. The van der Waals surface area contributed by atoms with Crippen molar-refractivity contribution < 1.29 is 5.21 Å². The maximum Gasteiger partial charge on any atom is 0.170 e. The summed E-state index contributed by atoms with van der Waals surface area (Å²) >= 11 is 0. The molecule has 1 aromatic carbocycles. The van der Waals surface area contributed by atoms with Gasteiger partial charge in [0.05, 0.1) is 5.69 Å². The Bertz CT molecular complexity index is 559. The fourth-order valence-electron chi connectivity index (χ4n) is 1.76. The Hall–Kier alpha value is -2.34. The zero-order chi connectivity index (χ0) is 13.7. The lowest BCUT2D eigenvalue weighted by Crippen LogP contribution is -2.16. The normalized spacial score (nSPS) is 11.7. The van der Waals surface area contributed by atoms with E-state index in [1.54, 1.807) is 6.20 Å². The fourth-order valence-corrected chi connectivity index (χ4v) is 1.76. The predicted octanol–water partition coefficient (Wildman–Crippen LogP) is 0.804. The Morgan fingerprint density at radius 1 is 1.32 bits per heavy atom. The van der Waals surface area contributed by atoms with Crippen molar-refractivity contribution in [3.05, 3.63) is 53.3 Å². The minimum absolute atomic E-state index is 0.120. The van der Waals surface area contributed by atoms with Crippen LogP contribution in [0.15, 0.2) is 41.7 Å². The molecule has 19 heavy (non-hydrogen) atoms. The summed E-state index contributed by atoms with van der Waals surface area (Å²) in [6.45, 7) is 1.51. The number of hydrogen-bond donors (Lipinski definition) is 3. The van der Waals surface area contributed by atoms with Gasteiger partial charge in [-0.2, -0.15) is 5.10 Å². The average molecular weight is 259 g/mol. The summed E-state index contributed by atoms with van der Waals surface area (Å²) in [5.41, 5.74) is 8.47. The van der Waals surface area contributed by atoms with Gasteiger partial charge in [0.2, 0.25) is 0 Å². The standard InChI is InChI=1S/C13H17N5O/c1-18-12(6-7-16-18)9-15-8-10-2-4-11(5-3-10)13(14)17-19/h2-7,15,19H,8-9H2,1H3,(H2,14,17). The molecule has 0 atom stereocenters. The molecule has 0 aliphatic rings. The summed E-state index contributed by atoms with van der Waals surface area (Å²) in [6, 6.07) is 9.54. The van der Waals surface area contributed by atoms with Gasteiger partial charge in [0, 0.05) is 31.9 Å². The van der Waals surface area contributed by atoms with Crippen LogP contribution >= 0.6 is 0 Å². The molecule has 0 unspecified atom stereocenters. The molecule has 0 spiro atoms. The number of hydrogen-bond acceptors (Lipinski definition) is 4. The van der Waals surface area contributed by atoms with E-state index in [9.17, 15) is 0 Å². The Morgan fingerprint density at radius 3 is 2.63 bits per heavy atom. The quantitative estimate of drug-likeness (QED) is 0.321. The second-order valence-corrected chi connectivity index (χ2v) is 4.23. The van der Waals surface area contributed by atoms with Crippen molar-refractivity contribution in [2.24, 2.45) is 17.9 Å². The van der Waals surface area contributed by atoms with E-state index < -0.39 is 0 Å². The number of rotatable bonds is 5. The van der Waals surface area contributed by atoms with Gasteiger partial charge >= 0.3 is 0 Å². The third kappa shape index (κ3) is 3.32. The van der Waals surface area contributed by atoms with Gasteiger partial charge in [0.1, 0.15) is 0 Å². The van der Waals surface area contributed by atoms with Crippen molar-refractivity contribution in [2.75, 3.05) is 0 Å². The number of benzene rings is 1. The van der Waals surface area contributed by atoms with Gasteiger partial charge in [-0.3, -0.25) is 4.68 Å². The van der Waals surface area contributed by atoms with Gasteiger partial charge < -0.3 is 16.3 Å². The van der Waals surface area contributed by atoms with Gasteiger partial charge in [-0.1, -0.05) is 29.4 Å². The minimum atomic E-state index is 0.120. The van der Waals surface area contributed by atoms with Gasteiger partial charge in [-0.15, -0.1) is 0 Å². The number of oxime groups is 1. The number of aryl methyl sites for hydroxylation is 1. The second-order valence-electron chi connectivity index (χ2n) is 4.23.